The Bertz CT molecular complexity index is 252. The molecule has 1 aliphatic rings. The van der Waals surface area contributed by atoms with Crippen molar-refractivity contribution in [2.45, 2.75) is 13.0 Å². The van der Waals surface area contributed by atoms with Crippen molar-refractivity contribution in [2.24, 2.45) is 5.92 Å². The number of carbonyl (C=O) groups is 1. The van der Waals surface area contributed by atoms with E-state index in [1.807, 2.05) is 6.07 Å². The molecule has 0 aromatic rings. The zero-order chi connectivity index (χ0) is 10.6. The normalized spacial score (nSPS) is 24.1. The third-order valence-corrected chi connectivity index (χ3v) is 2.64. The van der Waals surface area contributed by atoms with Crippen molar-refractivity contribution >= 4 is 17.5 Å². The van der Waals surface area contributed by atoms with Gasteiger partial charge >= 0.3 is 0 Å². The lowest BCUT2D eigenvalue weighted by Crippen LogP contribution is -2.47. The van der Waals surface area contributed by atoms with Gasteiger partial charge in [-0.2, -0.15) is 5.26 Å². The molecule has 0 radical (unpaired) electrons. The van der Waals surface area contributed by atoms with Crippen molar-refractivity contribution in [1.82, 2.24) is 4.90 Å². The van der Waals surface area contributed by atoms with Gasteiger partial charge in [0.05, 0.1) is 19.2 Å². The van der Waals surface area contributed by atoms with Crippen LogP contribution in [0, 0.1) is 17.2 Å². The van der Waals surface area contributed by atoms with Crippen LogP contribution < -0.4 is 0 Å². The van der Waals surface area contributed by atoms with Gasteiger partial charge in [0.25, 0.3) is 0 Å². The average Bonchev–Trinajstić information content (AvgIpc) is 2.27. The fraction of sp³-hybridized carbons (Fsp3) is 0.778. The molecule has 2 unspecified atom stereocenters. The van der Waals surface area contributed by atoms with E-state index >= 15 is 0 Å². The Morgan fingerprint density at radius 2 is 2.57 bits per heavy atom. The minimum Gasteiger partial charge on any atom is -0.360 e. The summed E-state index contributed by atoms with van der Waals surface area (Å²) in [6, 6.07) is 2.00. The molecule has 0 bridgehead atoms. The largest absolute Gasteiger partial charge is 0.360 e. The molecule has 14 heavy (non-hydrogen) atoms. The SMILES string of the molecule is CC(CCl)C(=O)N1CCOC(C#N)C1. The molecular formula is C9H13ClN2O2. The van der Waals surface area contributed by atoms with E-state index in [0.717, 1.165) is 0 Å². The third kappa shape index (κ3) is 2.60. The molecule has 0 aliphatic carbocycles. The summed E-state index contributed by atoms with van der Waals surface area (Å²) in [6.07, 6.45) is -0.491. The highest BCUT2D eigenvalue weighted by Crippen LogP contribution is 2.10. The van der Waals surface area contributed by atoms with Gasteiger partial charge < -0.3 is 9.64 Å². The smallest absolute Gasteiger partial charge is 0.226 e. The van der Waals surface area contributed by atoms with Crippen molar-refractivity contribution < 1.29 is 9.53 Å². The second kappa shape index (κ2) is 5.18. The Hall–Kier alpha value is -0.790. The highest BCUT2D eigenvalue weighted by molar-refractivity contribution is 6.19. The van der Waals surface area contributed by atoms with E-state index in [9.17, 15) is 4.79 Å². The van der Waals surface area contributed by atoms with Crippen molar-refractivity contribution in [2.75, 3.05) is 25.6 Å². The first-order valence-corrected chi connectivity index (χ1v) is 5.08. The van der Waals surface area contributed by atoms with Crippen molar-refractivity contribution in [1.29, 1.82) is 5.26 Å². The van der Waals surface area contributed by atoms with E-state index in [0.29, 0.717) is 25.6 Å². The fourth-order valence-electron chi connectivity index (χ4n) is 1.31. The summed E-state index contributed by atoms with van der Waals surface area (Å²) in [7, 11) is 0. The first-order chi connectivity index (χ1) is 6.69. The molecule has 4 nitrogen and oxygen atoms in total. The second-order valence-corrected chi connectivity index (χ2v) is 3.64. The molecule has 1 fully saturated rings. The third-order valence-electron chi connectivity index (χ3n) is 2.18. The van der Waals surface area contributed by atoms with Crippen LogP contribution in [0.15, 0.2) is 0 Å². The number of ether oxygens (including phenoxy) is 1. The van der Waals surface area contributed by atoms with Crippen LogP contribution in [0.4, 0.5) is 0 Å². The molecular weight excluding hydrogens is 204 g/mol. The van der Waals surface area contributed by atoms with Crippen LogP contribution in [0.3, 0.4) is 0 Å². The molecule has 1 rings (SSSR count). The monoisotopic (exact) mass is 216 g/mol. The van der Waals surface area contributed by atoms with Gasteiger partial charge in [0.15, 0.2) is 6.10 Å². The van der Waals surface area contributed by atoms with E-state index in [1.54, 1.807) is 11.8 Å². The van der Waals surface area contributed by atoms with Gasteiger partial charge in [0.1, 0.15) is 0 Å². The number of rotatable bonds is 2. The number of amides is 1. The van der Waals surface area contributed by atoms with Gasteiger partial charge in [-0.1, -0.05) is 6.92 Å². The van der Waals surface area contributed by atoms with Crippen LogP contribution in [0.25, 0.3) is 0 Å². The molecule has 0 spiro atoms. The minimum atomic E-state index is -0.491. The number of nitrogens with zero attached hydrogens (tertiary/aromatic N) is 2. The summed E-state index contributed by atoms with van der Waals surface area (Å²) in [6.45, 7) is 3.12. The molecule has 0 saturated carbocycles. The van der Waals surface area contributed by atoms with Gasteiger partial charge in [-0.05, 0) is 0 Å². The molecule has 0 aromatic heterocycles. The molecule has 78 valence electrons. The van der Waals surface area contributed by atoms with Crippen LogP contribution in [-0.4, -0.2) is 42.5 Å². The molecule has 0 N–H and O–H groups in total. The number of hydrogen-bond donors (Lipinski definition) is 0. The summed E-state index contributed by atoms with van der Waals surface area (Å²) >= 11 is 5.59. The van der Waals surface area contributed by atoms with Crippen LogP contribution in [0.5, 0.6) is 0 Å². The maximum absolute atomic E-state index is 11.7. The highest BCUT2D eigenvalue weighted by atomic mass is 35.5. The quantitative estimate of drug-likeness (QED) is 0.636. The Morgan fingerprint density at radius 1 is 1.86 bits per heavy atom. The lowest BCUT2D eigenvalue weighted by molar-refractivity contribution is -0.140. The average molecular weight is 217 g/mol. The summed E-state index contributed by atoms with van der Waals surface area (Å²) < 4.78 is 5.13. The van der Waals surface area contributed by atoms with Crippen LogP contribution in [-0.2, 0) is 9.53 Å². The van der Waals surface area contributed by atoms with E-state index in [4.69, 9.17) is 21.6 Å². The second-order valence-electron chi connectivity index (χ2n) is 3.33. The summed E-state index contributed by atoms with van der Waals surface area (Å²) in [5.41, 5.74) is 0. The van der Waals surface area contributed by atoms with Crippen molar-refractivity contribution in [3.05, 3.63) is 0 Å². The molecule has 1 heterocycles. The molecule has 1 saturated heterocycles. The molecule has 0 aromatic carbocycles. The number of hydrogen-bond acceptors (Lipinski definition) is 3. The van der Waals surface area contributed by atoms with Gasteiger partial charge in [-0.3, -0.25) is 4.79 Å². The van der Waals surface area contributed by atoms with E-state index < -0.39 is 6.10 Å². The maximum Gasteiger partial charge on any atom is 0.226 e. The van der Waals surface area contributed by atoms with Gasteiger partial charge in [0.2, 0.25) is 5.91 Å². The Labute approximate surface area is 88.4 Å². The molecule has 1 aliphatic heterocycles. The summed E-state index contributed by atoms with van der Waals surface area (Å²) in [4.78, 5) is 13.3. The van der Waals surface area contributed by atoms with Crippen LogP contribution >= 0.6 is 11.6 Å². The Balaban J connectivity index is 2.52. The van der Waals surface area contributed by atoms with E-state index in [-0.39, 0.29) is 11.8 Å². The van der Waals surface area contributed by atoms with Crippen LogP contribution in [0.1, 0.15) is 6.92 Å². The molecule has 1 amide bonds. The van der Waals surface area contributed by atoms with E-state index in [2.05, 4.69) is 0 Å². The predicted molar refractivity (Wildman–Crippen MR) is 51.8 cm³/mol. The highest BCUT2D eigenvalue weighted by Gasteiger charge is 2.26. The van der Waals surface area contributed by atoms with Crippen molar-refractivity contribution in [3.8, 4) is 6.07 Å². The first kappa shape index (κ1) is 11.3. The Kier molecular flexibility index (Phi) is 4.18. The van der Waals surface area contributed by atoms with E-state index in [1.165, 1.54) is 0 Å². The number of morpholine rings is 1. The topological polar surface area (TPSA) is 53.3 Å². The number of carbonyl (C=O) groups excluding carboxylic acids is 1. The number of alkyl halides is 1. The number of nitriles is 1. The van der Waals surface area contributed by atoms with Gasteiger partial charge in [0, 0.05) is 18.3 Å². The standard InChI is InChI=1S/C9H13ClN2O2/c1-7(4-10)9(13)12-2-3-14-8(5-11)6-12/h7-8H,2-4,6H2,1H3. The zero-order valence-electron chi connectivity index (χ0n) is 8.07. The maximum atomic E-state index is 11.7. The van der Waals surface area contributed by atoms with Crippen LogP contribution in [0.2, 0.25) is 0 Å². The first-order valence-electron chi connectivity index (χ1n) is 4.55. The Morgan fingerprint density at radius 3 is 3.14 bits per heavy atom. The fourth-order valence-corrected chi connectivity index (χ4v) is 1.44. The lowest BCUT2D eigenvalue weighted by atomic mass is 10.1. The summed E-state index contributed by atoms with van der Waals surface area (Å²) in [5.74, 6) is 0.130. The van der Waals surface area contributed by atoms with Gasteiger partial charge in [-0.25, -0.2) is 0 Å². The minimum absolute atomic E-state index is 0.00329. The molecule has 5 heteroatoms. The predicted octanol–water partition coefficient (Wildman–Crippen LogP) is 0.612. The zero-order valence-corrected chi connectivity index (χ0v) is 8.83. The number of halogens is 1. The van der Waals surface area contributed by atoms with Crippen molar-refractivity contribution in [3.63, 3.8) is 0 Å². The summed E-state index contributed by atoms with van der Waals surface area (Å²) in [5, 5.41) is 8.65. The lowest BCUT2D eigenvalue weighted by Gasteiger charge is -2.31. The molecule has 2 atom stereocenters. The van der Waals surface area contributed by atoms with Gasteiger partial charge in [-0.15, -0.1) is 11.6 Å².